The Morgan fingerprint density at radius 1 is 0.537 bits per heavy atom. The Hall–Kier alpha value is -9.78. The normalized spacial score (nSPS) is 16.3. The second-order valence-electron chi connectivity index (χ2n) is 22.1. The van der Waals surface area contributed by atoms with E-state index in [0.717, 1.165) is 74.6 Å². The van der Waals surface area contributed by atoms with Gasteiger partial charge in [0.05, 0.1) is 28.2 Å². The minimum absolute atomic E-state index is 0.0967. The Balaban J connectivity index is 1.01. The molecule has 5 nitrogen and oxygen atoms in total. The third-order valence-corrected chi connectivity index (χ3v) is 18.1. The molecule has 0 N–H and O–H groups in total. The lowest BCUT2D eigenvalue weighted by atomic mass is 9.31. The molecule has 0 fully saturated rings. The van der Waals surface area contributed by atoms with Crippen LogP contribution in [0.15, 0.2) is 274 Å². The highest BCUT2D eigenvalue weighted by Gasteiger charge is 2.52. The largest absolute Gasteiger partial charge is 0.456 e. The van der Waals surface area contributed by atoms with Crippen LogP contribution >= 0.6 is 0 Å². The fraction of sp³-hybridized carbons (Fsp3) is 0.0811. The Kier molecular flexibility index (Phi) is 9.82. The highest BCUT2D eigenvalue weighted by Crippen LogP contribution is 2.60. The van der Waals surface area contributed by atoms with Gasteiger partial charge in [-0.1, -0.05) is 182 Å². The molecule has 0 saturated heterocycles. The molecule has 6 heteroatoms. The van der Waals surface area contributed by atoms with Gasteiger partial charge in [0.25, 0.3) is 0 Å². The topological polar surface area (TPSA) is 36.0 Å². The summed E-state index contributed by atoms with van der Waals surface area (Å²) >= 11 is 0. The molecule has 1 atom stereocenters. The van der Waals surface area contributed by atoms with E-state index in [0.29, 0.717) is 6.42 Å². The number of fused-ring (bicyclic) bond motifs is 15. The van der Waals surface area contributed by atoms with Gasteiger partial charge in [-0.15, -0.1) is 0 Å². The molecule has 12 aromatic rings. The van der Waals surface area contributed by atoms with Crippen molar-refractivity contribution in [3.63, 3.8) is 0 Å². The number of allylic oxidation sites excluding steroid dienone is 2. The summed E-state index contributed by atoms with van der Waals surface area (Å²) in [6.45, 7) is 2.13. The molecule has 0 amide bonds. The standard InChI is InChI=1S/C74H52BN3O2/c1-47-23-21-40-64-67(47)70-66(80-64)44-42-59-73(70)78(52-32-15-6-16-33-52)62-46-53(45-61-71(62)75(59)58-41-43-65-69(55-35-18-20-39-63(55)79-65)72(58)77(61)51-30-13-5-14-31-51)76(50-28-11-4-12-29-50)60-38-22-37-57-68(60)54-34-17-19-36-56(54)74(57,48-24-7-2-8-25-48)49-26-9-3-10-27-49/h2-17,19-34,36-44,46,61H,18,35,45H2,1H3. The zero-order valence-electron chi connectivity index (χ0n) is 44.2. The van der Waals surface area contributed by atoms with Crippen molar-refractivity contribution in [1.29, 1.82) is 0 Å². The van der Waals surface area contributed by atoms with Gasteiger partial charge in [0.2, 0.25) is 6.71 Å². The molecule has 3 aliphatic carbocycles. The summed E-state index contributed by atoms with van der Waals surface area (Å²) < 4.78 is 13.8. The smallest absolute Gasteiger partial charge is 0.247 e. The maximum Gasteiger partial charge on any atom is 0.247 e. The Morgan fingerprint density at radius 3 is 1.89 bits per heavy atom. The molecule has 10 aromatic carbocycles. The number of rotatable bonds is 7. The number of aryl methyl sites for hydroxylation is 2. The van der Waals surface area contributed by atoms with Crippen LogP contribution < -0.4 is 25.6 Å². The van der Waals surface area contributed by atoms with Crippen molar-refractivity contribution < 1.29 is 8.83 Å². The van der Waals surface area contributed by atoms with E-state index in [1.165, 1.54) is 83.4 Å². The van der Waals surface area contributed by atoms with Crippen molar-refractivity contribution in [2.45, 2.75) is 37.6 Å². The molecular formula is C74H52BN3O2. The zero-order valence-corrected chi connectivity index (χ0v) is 44.2. The number of hydrogen-bond donors (Lipinski definition) is 0. The van der Waals surface area contributed by atoms with Crippen LogP contribution in [-0.2, 0) is 11.8 Å². The Bertz CT molecular complexity index is 4560. The summed E-state index contributed by atoms with van der Waals surface area (Å²) in [6.07, 6.45) is 9.61. The van der Waals surface area contributed by atoms with Gasteiger partial charge >= 0.3 is 0 Å². The minimum atomic E-state index is -0.577. The van der Waals surface area contributed by atoms with E-state index in [9.17, 15) is 0 Å². The number of hydrogen-bond acceptors (Lipinski definition) is 5. The SMILES string of the molecule is Cc1cccc2oc3ccc4c(c3c12)N(c1ccccc1)C1=C2B4c3ccc4oc5c(c4c3N(c3ccccc3)C2CC(N(c2ccccc2)c2cccc3c2-c2ccccc2C3(c2ccccc2)c2ccccc2)=C1)CCC=C5. The van der Waals surface area contributed by atoms with Gasteiger partial charge < -0.3 is 23.5 Å². The summed E-state index contributed by atoms with van der Waals surface area (Å²) in [5.74, 6) is 0.968. The van der Waals surface area contributed by atoms with E-state index in [1.54, 1.807) is 0 Å². The third kappa shape index (κ3) is 6.24. The second-order valence-corrected chi connectivity index (χ2v) is 22.1. The molecule has 0 spiro atoms. The van der Waals surface area contributed by atoms with Crippen LogP contribution in [-0.4, -0.2) is 12.8 Å². The van der Waals surface area contributed by atoms with E-state index in [-0.39, 0.29) is 12.8 Å². The zero-order chi connectivity index (χ0) is 52.6. The summed E-state index contributed by atoms with van der Waals surface area (Å²) in [7, 11) is 0. The predicted molar refractivity (Wildman–Crippen MR) is 330 cm³/mol. The molecule has 5 aliphatic rings. The Labute approximate surface area is 465 Å². The van der Waals surface area contributed by atoms with E-state index in [2.05, 4.69) is 276 Å². The molecule has 80 heavy (non-hydrogen) atoms. The van der Waals surface area contributed by atoms with Crippen molar-refractivity contribution in [2.75, 3.05) is 14.7 Å². The first-order valence-electron chi connectivity index (χ1n) is 28.2. The first-order chi connectivity index (χ1) is 39.6. The van der Waals surface area contributed by atoms with Crippen LogP contribution in [0.1, 0.15) is 52.0 Å². The first-order valence-corrected chi connectivity index (χ1v) is 28.2. The summed E-state index contributed by atoms with van der Waals surface area (Å²) in [4.78, 5) is 7.91. The molecule has 0 bridgehead atoms. The van der Waals surface area contributed by atoms with E-state index in [1.807, 2.05) is 0 Å². The van der Waals surface area contributed by atoms with Gasteiger partial charge in [0, 0.05) is 62.5 Å². The van der Waals surface area contributed by atoms with Gasteiger partial charge in [0.15, 0.2) is 0 Å². The highest BCUT2D eigenvalue weighted by atomic mass is 16.3. The van der Waals surface area contributed by atoms with Gasteiger partial charge in [-0.3, -0.25) is 0 Å². The number of benzene rings is 10. The van der Waals surface area contributed by atoms with E-state index < -0.39 is 5.41 Å². The van der Waals surface area contributed by atoms with Crippen molar-refractivity contribution >= 4 is 90.7 Å². The average Bonchev–Trinajstić information content (AvgIpc) is 3.05. The first kappa shape index (κ1) is 45.3. The third-order valence-electron chi connectivity index (χ3n) is 18.1. The van der Waals surface area contributed by atoms with Crippen LogP contribution in [0.4, 0.5) is 34.1 Å². The molecule has 0 radical (unpaired) electrons. The molecule has 2 aliphatic heterocycles. The highest BCUT2D eigenvalue weighted by molar-refractivity contribution is 6.94. The summed E-state index contributed by atoms with van der Waals surface area (Å²) in [5.41, 5.74) is 25.3. The van der Waals surface area contributed by atoms with Crippen LogP contribution in [0, 0.1) is 6.92 Å². The second kappa shape index (κ2) is 17.4. The number of para-hydroxylation sites is 3. The molecule has 0 saturated carbocycles. The fourth-order valence-corrected chi connectivity index (χ4v) is 15.0. The van der Waals surface area contributed by atoms with Crippen molar-refractivity contribution in [3.05, 3.63) is 305 Å². The minimum Gasteiger partial charge on any atom is -0.456 e. The molecule has 378 valence electrons. The van der Waals surface area contributed by atoms with E-state index in [4.69, 9.17) is 8.83 Å². The van der Waals surface area contributed by atoms with Gasteiger partial charge in [-0.05, 0) is 142 Å². The van der Waals surface area contributed by atoms with Crippen LogP contribution in [0.2, 0.25) is 0 Å². The average molecular weight is 1030 g/mol. The summed E-state index contributed by atoms with van der Waals surface area (Å²) in [5, 5.41) is 3.51. The Morgan fingerprint density at radius 2 is 1.15 bits per heavy atom. The maximum absolute atomic E-state index is 6.91. The van der Waals surface area contributed by atoms with Crippen molar-refractivity contribution in [2.24, 2.45) is 0 Å². The maximum atomic E-state index is 6.91. The number of furan rings is 2. The fourth-order valence-electron chi connectivity index (χ4n) is 15.0. The van der Waals surface area contributed by atoms with Crippen LogP contribution in [0.5, 0.6) is 0 Å². The van der Waals surface area contributed by atoms with Gasteiger partial charge in [-0.2, -0.15) is 0 Å². The lowest BCUT2D eigenvalue weighted by Crippen LogP contribution is -2.61. The van der Waals surface area contributed by atoms with Gasteiger partial charge in [0.1, 0.15) is 22.5 Å². The lowest BCUT2D eigenvalue weighted by Gasteiger charge is -2.51. The molecular weight excluding hydrogens is 974 g/mol. The lowest BCUT2D eigenvalue weighted by molar-refractivity contribution is 0.595. The molecule has 17 rings (SSSR count). The predicted octanol–water partition coefficient (Wildman–Crippen LogP) is 17.2. The molecule has 4 heterocycles. The number of anilines is 6. The van der Waals surface area contributed by atoms with Crippen LogP contribution in [0.3, 0.4) is 0 Å². The van der Waals surface area contributed by atoms with Gasteiger partial charge in [-0.25, -0.2) is 0 Å². The van der Waals surface area contributed by atoms with Crippen molar-refractivity contribution in [3.8, 4) is 11.1 Å². The summed E-state index contributed by atoms with van der Waals surface area (Å²) in [6, 6.07) is 87.5. The van der Waals surface area contributed by atoms with E-state index >= 15 is 0 Å². The quantitative estimate of drug-likeness (QED) is 0.149. The van der Waals surface area contributed by atoms with Crippen LogP contribution in [0.25, 0.3) is 50.1 Å². The monoisotopic (exact) mass is 1030 g/mol. The molecule has 2 aromatic heterocycles. The molecule has 1 unspecified atom stereocenters. The number of nitrogens with zero attached hydrogens (tertiary/aromatic N) is 3. The van der Waals surface area contributed by atoms with Crippen molar-refractivity contribution in [1.82, 2.24) is 0 Å².